The Balaban J connectivity index is 1.56. The van der Waals surface area contributed by atoms with Crippen LogP contribution >= 0.6 is 23.4 Å². The molecule has 0 atom stereocenters. The van der Waals surface area contributed by atoms with Gasteiger partial charge in [0, 0.05) is 28.8 Å². The second kappa shape index (κ2) is 12.0. The van der Waals surface area contributed by atoms with Crippen LogP contribution < -0.4 is 9.46 Å². The molecule has 0 aliphatic carbocycles. The summed E-state index contributed by atoms with van der Waals surface area (Å²) in [6.07, 6.45) is 4.07. The van der Waals surface area contributed by atoms with Crippen LogP contribution in [0.5, 0.6) is 5.75 Å². The van der Waals surface area contributed by atoms with Crippen molar-refractivity contribution in [1.82, 2.24) is 4.90 Å². The van der Waals surface area contributed by atoms with E-state index in [2.05, 4.69) is 4.72 Å². The first kappa shape index (κ1) is 26.4. The van der Waals surface area contributed by atoms with Crippen molar-refractivity contribution in [2.45, 2.75) is 41.2 Å². The van der Waals surface area contributed by atoms with Gasteiger partial charge in [-0.3, -0.25) is 9.52 Å². The largest absolute Gasteiger partial charge is 0.496 e. The lowest BCUT2D eigenvalue weighted by molar-refractivity contribution is 0.0758. The molecular formula is C27H29ClN2O4S2. The summed E-state index contributed by atoms with van der Waals surface area (Å²) in [5.41, 5.74) is 1.81. The van der Waals surface area contributed by atoms with Crippen LogP contribution in [0.2, 0.25) is 5.02 Å². The molecule has 0 saturated carbocycles. The molecule has 3 aromatic rings. The number of para-hydroxylation sites is 1. The molecule has 36 heavy (non-hydrogen) atoms. The molecule has 1 saturated heterocycles. The maximum atomic E-state index is 13.4. The molecule has 0 spiro atoms. The van der Waals surface area contributed by atoms with E-state index in [0.717, 1.165) is 36.1 Å². The van der Waals surface area contributed by atoms with Gasteiger partial charge in [0.1, 0.15) is 5.75 Å². The molecule has 1 aliphatic heterocycles. The highest BCUT2D eigenvalue weighted by Gasteiger charge is 2.24. The lowest BCUT2D eigenvalue weighted by atomic mass is 10.1. The van der Waals surface area contributed by atoms with Crippen LogP contribution in [0, 0.1) is 0 Å². The van der Waals surface area contributed by atoms with E-state index in [1.165, 1.54) is 31.0 Å². The number of anilines is 1. The number of nitrogens with one attached hydrogen (secondary N) is 1. The zero-order chi connectivity index (χ0) is 25.5. The summed E-state index contributed by atoms with van der Waals surface area (Å²) in [7, 11) is -2.47. The van der Waals surface area contributed by atoms with Crippen molar-refractivity contribution in [3.8, 4) is 5.75 Å². The molecule has 190 valence electrons. The number of nitrogens with zero attached hydrogens (tertiary/aromatic N) is 1. The fourth-order valence-corrected chi connectivity index (χ4v) is 6.35. The number of carbonyl (C=O) groups excluding carboxylic acids is 1. The van der Waals surface area contributed by atoms with E-state index in [1.807, 2.05) is 36.4 Å². The van der Waals surface area contributed by atoms with Gasteiger partial charge in [0.2, 0.25) is 0 Å². The van der Waals surface area contributed by atoms with Crippen molar-refractivity contribution in [2.24, 2.45) is 0 Å². The summed E-state index contributed by atoms with van der Waals surface area (Å²) in [4.78, 5) is 15.9. The molecule has 1 amide bonds. The van der Waals surface area contributed by atoms with Crippen LogP contribution in [-0.4, -0.2) is 39.4 Å². The molecular weight excluding hydrogens is 516 g/mol. The number of hydrogen-bond donors (Lipinski definition) is 1. The van der Waals surface area contributed by atoms with Gasteiger partial charge in [0.15, 0.2) is 0 Å². The number of likely N-dealkylation sites (tertiary alicyclic amines) is 1. The standard InChI is InChI=1S/C27H29ClN2O4S2/c1-34-25-15-14-22(18-23(25)27(31)30-16-6-2-3-7-17-30)36(32,33)29-24-8-4-5-9-26(24)35-19-20-10-12-21(28)13-11-20/h4-5,8-15,18,29H,2-3,6-7,16-17,19H2,1H3. The predicted molar refractivity (Wildman–Crippen MR) is 146 cm³/mol. The molecule has 1 aliphatic rings. The minimum Gasteiger partial charge on any atom is -0.496 e. The lowest BCUT2D eigenvalue weighted by Crippen LogP contribution is -2.32. The second-order valence-electron chi connectivity index (χ2n) is 8.59. The number of thioether (sulfide) groups is 1. The van der Waals surface area contributed by atoms with E-state index in [0.29, 0.717) is 35.3 Å². The number of halogens is 1. The van der Waals surface area contributed by atoms with Crippen LogP contribution in [0.4, 0.5) is 5.69 Å². The second-order valence-corrected chi connectivity index (χ2v) is 11.7. The lowest BCUT2D eigenvalue weighted by Gasteiger charge is -2.22. The van der Waals surface area contributed by atoms with E-state index < -0.39 is 10.0 Å². The first-order chi connectivity index (χ1) is 17.4. The minimum absolute atomic E-state index is 0.0129. The van der Waals surface area contributed by atoms with Gasteiger partial charge >= 0.3 is 0 Å². The van der Waals surface area contributed by atoms with Crippen molar-refractivity contribution in [2.75, 3.05) is 24.9 Å². The third-order valence-electron chi connectivity index (χ3n) is 6.04. The molecule has 0 bridgehead atoms. The summed E-state index contributed by atoms with van der Waals surface area (Å²) in [6.45, 7) is 1.32. The van der Waals surface area contributed by atoms with Crippen LogP contribution in [0.15, 0.2) is 76.5 Å². The van der Waals surface area contributed by atoms with E-state index in [-0.39, 0.29) is 16.4 Å². The smallest absolute Gasteiger partial charge is 0.261 e. The predicted octanol–water partition coefficient (Wildman–Crippen LogP) is 6.46. The topological polar surface area (TPSA) is 75.7 Å². The number of methoxy groups -OCH3 is 1. The van der Waals surface area contributed by atoms with Gasteiger partial charge in [-0.2, -0.15) is 0 Å². The fourth-order valence-electron chi connectivity index (χ4n) is 4.09. The van der Waals surface area contributed by atoms with Crippen LogP contribution in [0.1, 0.15) is 41.6 Å². The SMILES string of the molecule is COc1ccc(S(=O)(=O)Nc2ccccc2SCc2ccc(Cl)cc2)cc1C(=O)N1CCCCCC1. The Kier molecular flexibility index (Phi) is 8.82. The molecule has 3 aromatic carbocycles. The summed E-state index contributed by atoms with van der Waals surface area (Å²) in [5, 5.41) is 0.671. The van der Waals surface area contributed by atoms with Crippen molar-refractivity contribution >= 4 is 45.0 Å². The first-order valence-corrected chi connectivity index (χ1v) is 14.7. The summed E-state index contributed by atoms with van der Waals surface area (Å²) in [5.74, 6) is 0.819. The molecule has 1 fully saturated rings. The van der Waals surface area contributed by atoms with Gasteiger partial charge in [0.25, 0.3) is 15.9 Å². The Labute approximate surface area is 222 Å². The highest BCUT2D eigenvalue weighted by Crippen LogP contribution is 2.32. The Hall–Kier alpha value is -2.68. The molecule has 1 N–H and O–H groups in total. The maximum Gasteiger partial charge on any atom is 0.261 e. The summed E-state index contributed by atoms with van der Waals surface area (Å²) in [6, 6.07) is 19.2. The average Bonchev–Trinajstić information content (AvgIpc) is 3.18. The van der Waals surface area contributed by atoms with Crippen molar-refractivity contribution in [1.29, 1.82) is 0 Å². The molecule has 0 aromatic heterocycles. The summed E-state index contributed by atoms with van der Waals surface area (Å²) >= 11 is 7.50. The third kappa shape index (κ3) is 6.55. The van der Waals surface area contributed by atoms with E-state index >= 15 is 0 Å². The summed E-state index contributed by atoms with van der Waals surface area (Å²) < 4.78 is 34.8. The maximum absolute atomic E-state index is 13.4. The zero-order valence-electron chi connectivity index (χ0n) is 20.1. The fraction of sp³-hybridized carbons (Fsp3) is 0.296. The highest BCUT2D eigenvalue weighted by atomic mass is 35.5. The van der Waals surface area contributed by atoms with Gasteiger partial charge in [-0.1, -0.05) is 48.7 Å². The Morgan fingerprint density at radius 1 is 1.00 bits per heavy atom. The van der Waals surface area contributed by atoms with Gasteiger partial charge in [0.05, 0.1) is 23.3 Å². The molecule has 0 unspecified atom stereocenters. The first-order valence-electron chi connectivity index (χ1n) is 11.8. The van der Waals surface area contributed by atoms with E-state index in [4.69, 9.17) is 16.3 Å². The quantitative estimate of drug-likeness (QED) is 0.329. The van der Waals surface area contributed by atoms with E-state index in [9.17, 15) is 13.2 Å². The Morgan fingerprint density at radius 2 is 1.69 bits per heavy atom. The van der Waals surface area contributed by atoms with E-state index in [1.54, 1.807) is 23.1 Å². The van der Waals surface area contributed by atoms with Gasteiger partial charge < -0.3 is 9.64 Å². The van der Waals surface area contributed by atoms with Gasteiger partial charge in [-0.15, -0.1) is 11.8 Å². The normalized spacial score (nSPS) is 14.2. The molecule has 1 heterocycles. The Morgan fingerprint density at radius 3 is 2.39 bits per heavy atom. The number of sulfonamides is 1. The number of ether oxygens (including phenoxy) is 1. The average molecular weight is 545 g/mol. The molecule has 6 nitrogen and oxygen atoms in total. The number of benzene rings is 3. The van der Waals surface area contributed by atoms with Gasteiger partial charge in [-0.25, -0.2) is 8.42 Å². The van der Waals surface area contributed by atoms with Crippen molar-refractivity contribution in [3.05, 3.63) is 82.9 Å². The number of rotatable bonds is 8. The third-order valence-corrected chi connectivity index (χ3v) is 8.80. The Bertz CT molecular complexity index is 1310. The van der Waals surface area contributed by atoms with Crippen LogP contribution in [0.25, 0.3) is 0 Å². The van der Waals surface area contributed by atoms with Crippen molar-refractivity contribution < 1.29 is 17.9 Å². The molecule has 0 radical (unpaired) electrons. The number of carbonyl (C=O) groups is 1. The van der Waals surface area contributed by atoms with Gasteiger partial charge in [-0.05, 0) is 60.9 Å². The van der Waals surface area contributed by atoms with Crippen LogP contribution in [-0.2, 0) is 15.8 Å². The minimum atomic E-state index is -3.95. The zero-order valence-corrected chi connectivity index (χ0v) is 22.5. The molecule has 9 heteroatoms. The van der Waals surface area contributed by atoms with Crippen LogP contribution in [0.3, 0.4) is 0 Å². The number of hydrogen-bond acceptors (Lipinski definition) is 5. The number of amides is 1. The highest BCUT2D eigenvalue weighted by molar-refractivity contribution is 7.98. The monoisotopic (exact) mass is 544 g/mol. The molecule has 4 rings (SSSR count). The van der Waals surface area contributed by atoms with Crippen molar-refractivity contribution in [3.63, 3.8) is 0 Å².